The van der Waals surface area contributed by atoms with Crippen LogP contribution in [-0.4, -0.2) is 20.1 Å². The lowest BCUT2D eigenvalue weighted by molar-refractivity contribution is -0.119. The van der Waals surface area contributed by atoms with E-state index in [2.05, 4.69) is 10.3 Å². The Hall–Kier alpha value is -3.12. The van der Waals surface area contributed by atoms with Gasteiger partial charge in [0.05, 0.1) is 5.52 Å². The number of amides is 1. The minimum atomic E-state index is -0.552. The molecular formula is C21H19ClN4O2. The Balaban J connectivity index is 1.86. The number of benzene rings is 2. The highest BCUT2D eigenvalue weighted by Gasteiger charge is 2.23. The smallest absolute Gasteiger partial charge is 0.273 e. The largest absolute Gasteiger partial charge is 0.324 e. The van der Waals surface area contributed by atoms with Crippen LogP contribution in [0.5, 0.6) is 0 Å². The maximum atomic E-state index is 13.1. The van der Waals surface area contributed by atoms with Crippen LogP contribution in [-0.2, 0) is 4.79 Å². The van der Waals surface area contributed by atoms with Crippen molar-refractivity contribution in [3.05, 3.63) is 75.2 Å². The summed E-state index contributed by atoms with van der Waals surface area (Å²) in [5.74, 6) is -0.189. The number of nitrogens with one attached hydrogen (secondary N) is 1. The van der Waals surface area contributed by atoms with Crippen LogP contribution in [0, 0.1) is 13.8 Å². The summed E-state index contributed by atoms with van der Waals surface area (Å²) in [4.78, 5) is 29.2. The van der Waals surface area contributed by atoms with Gasteiger partial charge in [0.1, 0.15) is 6.04 Å². The number of aryl methyl sites for hydroxylation is 1. The molecule has 1 atom stereocenters. The summed E-state index contributed by atoms with van der Waals surface area (Å²) in [6.45, 7) is 5.51. The van der Waals surface area contributed by atoms with Gasteiger partial charge in [-0.2, -0.15) is 4.98 Å². The summed E-state index contributed by atoms with van der Waals surface area (Å²) >= 11 is 6.17. The summed E-state index contributed by atoms with van der Waals surface area (Å²) < 4.78 is 3.68. The monoisotopic (exact) mass is 394 g/mol. The molecule has 2 heterocycles. The molecule has 0 aliphatic rings. The first kappa shape index (κ1) is 18.3. The summed E-state index contributed by atoms with van der Waals surface area (Å²) in [6, 6.07) is 13.9. The van der Waals surface area contributed by atoms with E-state index in [1.165, 1.54) is 6.07 Å². The van der Waals surface area contributed by atoms with Crippen LogP contribution in [0.15, 0.2) is 53.3 Å². The predicted octanol–water partition coefficient (Wildman–Crippen LogP) is 4.12. The number of hydrogen-bond acceptors (Lipinski definition) is 3. The fraction of sp³-hybridized carbons (Fsp3) is 0.190. The van der Waals surface area contributed by atoms with Crippen LogP contribution in [0.4, 0.5) is 5.69 Å². The number of carbonyl (C=O) groups excluding carboxylic acids is 1. The number of hydrogen-bond donors (Lipinski definition) is 1. The molecule has 0 spiro atoms. The van der Waals surface area contributed by atoms with E-state index in [0.717, 1.165) is 16.5 Å². The number of halogens is 1. The van der Waals surface area contributed by atoms with Crippen molar-refractivity contribution >= 4 is 39.7 Å². The standard InChI is InChI=1S/C21H19ClN4O2/c1-12-11-19(27)24-20-15-7-4-5-10-18(15)26(25(12)20)14(3)21(28)23-17-9-6-8-16(22)13(17)2/h4-11,14H,1-3H3,(H,23,28)/t14-/m1/s1. The van der Waals surface area contributed by atoms with Crippen molar-refractivity contribution < 1.29 is 4.79 Å². The lowest BCUT2D eigenvalue weighted by atomic mass is 10.2. The minimum Gasteiger partial charge on any atom is -0.324 e. The van der Waals surface area contributed by atoms with Crippen molar-refractivity contribution in [2.24, 2.45) is 0 Å². The van der Waals surface area contributed by atoms with E-state index in [-0.39, 0.29) is 11.5 Å². The third kappa shape index (κ3) is 2.86. The Labute approximate surface area is 166 Å². The zero-order chi connectivity index (χ0) is 20.0. The second kappa shape index (κ2) is 6.80. The third-order valence-corrected chi connectivity index (χ3v) is 5.37. The highest BCUT2D eigenvalue weighted by atomic mass is 35.5. The summed E-state index contributed by atoms with van der Waals surface area (Å²) in [5.41, 5.74) is 3.27. The molecule has 0 saturated carbocycles. The predicted molar refractivity (Wildman–Crippen MR) is 111 cm³/mol. The first-order valence-electron chi connectivity index (χ1n) is 8.94. The normalized spacial score (nSPS) is 12.4. The SMILES string of the molecule is Cc1c(Cl)cccc1NC(=O)[C@@H](C)n1c2ccccc2c2nc(=O)cc(C)n21. The van der Waals surface area contributed by atoms with Crippen molar-refractivity contribution in [2.75, 3.05) is 5.32 Å². The Bertz CT molecular complexity index is 1290. The third-order valence-electron chi connectivity index (χ3n) is 4.96. The van der Waals surface area contributed by atoms with Crippen LogP contribution >= 0.6 is 11.6 Å². The number of carbonyl (C=O) groups is 1. The van der Waals surface area contributed by atoms with Crippen molar-refractivity contribution in [2.45, 2.75) is 26.8 Å². The molecule has 142 valence electrons. The van der Waals surface area contributed by atoms with Crippen molar-refractivity contribution in [1.82, 2.24) is 14.2 Å². The summed E-state index contributed by atoms with van der Waals surface area (Å²) in [5, 5.41) is 4.38. The first-order valence-corrected chi connectivity index (χ1v) is 9.32. The fourth-order valence-corrected chi connectivity index (χ4v) is 3.65. The molecule has 1 amide bonds. The highest BCUT2D eigenvalue weighted by Crippen LogP contribution is 2.27. The lowest BCUT2D eigenvalue weighted by Crippen LogP contribution is -2.27. The Kier molecular flexibility index (Phi) is 4.43. The van der Waals surface area contributed by atoms with E-state index < -0.39 is 6.04 Å². The van der Waals surface area contributed by atoms with E-state index in [0.29, 0.717) is 22.1 Å². The Morgan fingerprint density at radius 2 is 1.89 bits per heavy atom. The van der Waals surface area contributed by atoms with Gasteiger partial charge in [-0.3, -0.25) is 14.3 Å². The quantitative estimate of drug-likeness (QED) is 0.568. The molecule has 0 radical (unpaired) electrons. The Morgan fingerprint density at radius 1 is 1.14 bits per heavy atom. The van der Waals surface area contributed by atoms with Gasteiger partial charge in [0.25, 0.3) is 5.56 Å². The van der Waals surface area contributed by atoms with E-state index in [1.54, 1.807) is 12.1 Å². The van der Waals surface area contributed by atoms with Gasteiger partial charge in [0, 0.05) is 27.9 Å². The molecule has 2 aromatic heterocycles. The zero-order valence-corrected chi connectivity index (χ0v) is 16.5. The zero-order valence-electron chi connectivity index (χ0n) is 15.7. The van der Waals surface area contributed by atoms with Crippen LogP contribution in [0.25, 0.3) is 16.6 Å². The van der Waals surface area contributed by atoms with Crippen molar-refractivity contribution in [3.8, 4) is 0 Å². The average molecular weight is 395 g/mol. The maximum absolute atomic E-state index is 13.1. The first-order chi connectivity index (χ1) is 13.4. The molecule has 6 nitrogen and oxygen atoms in total. The van der Waals surface area contributed by atoms with Crippen LogP contribution < -0.4 is 10.9 Å². The van der Waals surface area contributed by atoms with Crippen LogP contribution in [0.3, 0.4) is 0 Å². The molecule has 2 aromatic carbocycles. The molecule has 0 bridgehead atoms. The molecule has 7 heteroatoms. The molecule has 0 aliphatic heterocycles. The van der Waals surface area contributed by atoms with E-state index in [1.807, 2.05) is 60.3 Å². The van der Waals surface area contributed by atoms with Gasteiger partial charge in [0.15, 0.2) is 5.65 Å². The molecule has 0 fully saturated rings. The number of para-hydroxylation sites is 1. The van der Waals surface area contributed by atoms with Crippen molar-refractivity contribution in [3.63, 3.8) is 0 Å². The second-order valence-corrected chi connectivity index (χ2v) is 7.22. The van der Waals surface area contributed by atoms with Gasteiger partial charge in [-0.15, -0.1) is 0 Å². The molecular weight excluding hydrogens is 376 g/mol. The lowest BCUT2D eigenvalue weighted by Gasteiger charge is -2.19. The molecule has 1 N–H and O–H groups in total. The molecule has 0 saturated heterocycles. The van der Waals surface area contributed by atoms with Gasteiger partial charge >= 0.3 is 0 Å². The van der Waals surface area contributed by atoms with Crippen molar-refractivity contribution in [1.29, 1.82) is 0 Å². The average Bonchev–Trinajstić information content (AvgIpc) is 2.99. The van der Waals surface area contributed by atoms with Gasteiger partial charge < -0.3 is 5.32 Å². The fourth-order valence-electron chi connectivity index (χ4n) is 3.48. The topological polar surface area (TPSA) is 68.4 Å². The Morgan fingerprint density at radius 3 is 2.68 bits per heavy atom. The molecule has 4 rings (SSSR count). The van der Waals surface area contributed by atoms with Gasteiger partial charge in [-0.25, -0.2) is 4.52 Å². The van der Waals surface area contributed by atoms with Crippen LogP contribution in [0.2, 0.25) is 5.02 Å². The molecule has 4 aromatic rings. The van der Waals surface area contributed by atoms with Gasteiger partial charge in [-0.1, -0.05) is 29.8 Å². The number of fused-ring (bicyclic) bond motifs is 3. The van der Waals surface area contributed by atoms with Crippen LogP contribution in [0.1, 0.15) is 24.2 Å². The van der Waals surface area contributed by atoms with E-state index in [4.69, 9.17) is 11.6 Å². The molecule has 28 heavy (non-hydrogen) atoms. The second-order valence-electron chi connectivity index (χ2n) is 6.81. The molecule has 0 unspecified atom stereocenters. The number of anilines is 1. The minimum absolute atomic E-state index is 0.189. The summed E-state index contributed by atoms with van der Waals surface area (Å²) in [6.07, 6.45) is 0. The number of rotatable bonds is 3. The number of aromatic nitrogens is 3. The van der Waals surface area contributed by atoms with Gasteiger partial charge in [0.2, 0.25) is 5.91 Å². The van der Waals surface area contributed by atoms with Gasteiger partial charge in [-0.05, 0) is 50.6 Å². The highest BCUT2D eigenvalue weighted by molar-refractivity contribution is 6.31. The van der Waals surface area contributed by atoms with E-state index >= 15 is 0 Å². The van der Waals surface area contributed by atoms with E-state index in [9.17, 15) is 9.59 Å². The maximum Gasteiger partial charge on any atom is 0.273 e. The summed E-state index contributed by atoms with van der Waals surface area (Å²) in [7, 11) is 0. The number of nitrogens with zero attached hydrogens (tertiary/aromatic N) is 3. The molecule has 0 aliphatic carbocycles.